The molecule has 1 rings (SSSR count). The summed E-state index contributed by atoms with van der Waals surface area (Å²) in [5.41, 5.74) is 9.17. The molecule has 1 unspecified atom stereocenters. The number of amides is 2. The molecule has 2 atom stereocenters. The van der Waals surface area contributed by atoms with Crippen molar-refractivity contribution in [1.29, 1.82) is 0 Å². The monoisotopic (exact) mass is 341 g/mol. The number of rotatable bonds is 6. The van der Waals surface area contributed by atoms with Gasteiger partial charge in [0.25, 0.3) is 0 Å². The molecule has 1 aromatic rings. The highest BCUT2D eigenvalue weighted by Gasteiger charge is 2.18. The predicted octanol–water partition coefficient (Wildman–Crippen LogP) is 2.00. The van der Waals surface area contributed by atoms with E-state index in [9.17, 15) is 9.59 Å². The fourth-order valence-corrected chi connectivity index (χ4v) is 2.20. The van der Waals surface area contributed by atoms with Crippen LogP contribution in [-0.2, 0) is 9.59 Å². The molecule has 0 saturated heterocycles. The number of halogens is 1. The first-order chi connectivity index (χ1) is 10.2. The van der Waals surface area contributed by atoms with Gasteiger partial charge in [0.1, 0.15) is 0 Å². The Hall–Kier alpha value is -1.59. The predicted molar refractivity (Wildman–Crippen MR) is 95.5 cm³/mol. The Bertz CT molecular complexity index is 547. The minimum absolute atomic E-state index is 0. The lowest BCUT2D eigenvalue weighted by atomic mass is 9.98. The maximum atomic E-state index is 12.0. The van der Waals surface area contributed by atoms with Crippen LogP contribution in [0.3, 0.4) is 0 Å². The Morgan fingerprint density at radius 1 is 1.17 bits per heavy atom. The molecule has 0 saturated carbocycles. The van der Waals surface area contributed by atoms with E-state index in [0.717, 1.165) is 5.56 Å². The van der Waals surface area contributed by atoms with Crippen LogP contribution in [-0.4, -0.2) is 24.4 Å². The number of aryl methyl sites for hydroxylation is 1. The SMILES string of the molecule is Cc1cccc(C(C)NC(=O)CNC(=O)[C@@H](N)C(C)C)c1C.Cl. The van der Waals surface area contributed by atoms with Gasteiger partial charge in [-0.2, -0.15) is 0 Å². The van der Waals surface area contributed by atoms with E-state index in [2.05, 4.69) is 10.6 Å². The molecular formula is C17H28ClN3O2. The van der Waals surface area contributed by atoms with Crippen molar-refractivity contribution in [2.24, 2.45) is 11.7 Å². The molecule has 130 valence electrons. The highest BCUT2D eigenvalue weighted by molar-refractivity contribution is 5.87. The van der Waals surface area contributed by atoms with E-state index in [1.54, 1.807) is 0 Å². The number of hydrogen-bond donors (Lipinski definition) is 3. The quantitative estimate of drug-likeness (QED) is 0.740. The molecule has 5 nitrogen and oxygen atoms in total. The molecule has 4 N–H and O–H groups in total. The highest BCUT2D eigenvalue weighted by Crippen LogP contribution is 2.19. The van der Waals surface area contributed by atoms with E-state index in [0.29, 0.717) is 0 Å². The van der Waals surface area contributed by atoms with Crippen LogP contribution in [0.5, 0.6) is 0 Å². The van der Waals surface area contributed by atoms with Crippen LogP contribution in [0, 0.1) is 19.8 Å². The van der Waals surface area contributed by atoms with Crippen LogP contribution in [0.15, 0.2) is 18.2 Å². The Kier molecular flexibility index (Phi) is 8.87. The molecule has 23 heavy (non-hydrogen) atoms. The van der Waals surface area contributed by atoms with Gasteiger partial charge in [0, 0.05) is 0 Å². The van der Waals surface area contributed by atoms with Gasteiger partial charge in [-0.3, -0.25) is 9.59 Å². The van der Waals surface area contributed by atoms with Gasteiger partial charge in [-0.1, -0.05) is 32.0 Å². The fourth-order valence-electron chi connectivity index (χ4n) is 2.20. The second-order valence-corrected chi connectivity index (χ2v) is 6.07. The van der Waals surface area contributed by atoms with Crippen molar-refractivity contribution < 1.29 is 9.59 Å². The van der Waals surface area contributed by atoms with Crippen molar-refractivity contribution in [3.63, 3.8) is 0 Å². The fraction of sp³-hybridized carbons (Fsp3) is 0.529. The van der Waals surface area contributed by atoms with Crippen molar-refractivity contribution in [3.05, 3.63) is 34.9 Å². The summed E-state index contributed by atoms with van der Waals surface area (Å²) in [4.78, 5) is 23.7. The summed E-state index contributed by atoms with van der Waals surface area (Å²) in [5, 5.41) is 5.46. The zero-order chi connectivity index (χ0) is 16.9. The van der Waals surface area contributed by atoms with Gasteiger partial charge in [0.05, 0.1) is 18.6 Å². The van der Waals surface area contributed by atoms with Gasteiger partial charge in [0.2, 0.25) is 11.8 Å². The second kappa shape index (κ2) is 9.53. The molecule has 6 heteroatoms. The van der Waals surface area contributed by atoms with E-state index in [-0.39, 0.29) is 42.7 Å². The number of benzene rings is 1. The van der Waals surface area contributed by atoms with Crippen molar-refractivity contribution in [1.82, 2.24) is 10.6 Å². The van der Waals surface area contributed by atoms with Gasteiger partial charge >= 0.3 is 0 Å². The Morgan fingerprint density at radius 3 is 2.35 bits per heavy atom. The summed E-state index contributed by atoms with van der Waals surface area (Å²) in [6, 6.07) is 5.32. The average Bonchev–Trinajstić information content (AvgIpc) is 2.46. The third kappa shape index (κ3) is 6.20. The van der Waals surface area contributed by atoms with Gasteiger partial charge in [-0.15, -0.1) is 12.4 Å². The first-order valence-electron chi connectivity index (χ1n) is 7.62. The molecular weight excluding hydrogens is 314 g/mol. The Labute approximate surface area is 144 Å². The van der Waals surface area contributed by atoms with Crippen molar-refractivity contribution in [2.75, 3.05) is 6.54 Å². The number of carbonyl (C=O) groups is 2. The van der Waals surface area contributed by atoms with Gasteiger partial charge in [-0.05, 0) is 43.4 Å². The van der Waals surface area contributed by atoms with Gasteiger partial charge < -0.3 is 16.4 Å². The first-order valence-corrected chi connectivity index (χ1v) is 7.62. The normalized spacial score (nSPS) is 13.0. The maximum absolute atomic E-state index is 12.0. The lowest BCUT2D eigenvalue weighted by Gasteiger charge is -2.19. The number of nitrogens with one attached hydrogen (secondary N) is 2. The molecule has 0 spiro atoms. The minimum Gasteiger partial charge on any atom is -0.348 e. The summed E-state index contributed by atoms with van der Waals surface area (Å²) < 4.78 is 0. The molecule has 0 aliphatic heterocycles. The zero-order valence-corrected chi connectivity index (χ0v) is 15.3. The summed E-state index contributed by atoms with van der Waals surface area (Å²) in [5.74, 6) is -0.487. The van der Waals surface area contributed by atoms with Crippen molar-refractivity contribution >= 4 is 24.2 Å². The zero-order valence-electron chi connectivity index (χ0n) is 14.5. The highest BCUT2D eigenvalue weighted by atomic mass is 35.5. The van der Waals surface area contributed by atoms with Crippen molar-refractivity contribution in [3.8, 4) is 0 Å². The topological polar surface area (TPSA) is 84.2 Å². The number of nitrogens with two attached hydrogens (primary N) is 1. The largest absolute Gasteiger partial charge is 0.348 e. The van der Waals surface area contributed by atoms with Gasteiger partial charge in [-0.25, -0.2) is 0 Å². The minimum atomic E-state index is -0.593. The summed E-state index contributed by atoms with van der Waals surface area (Å²) in [7, 11) is 0. The molecule has 0 aromatic heterocycles. The molecule has 0 heterocycles. The Morgan fingerprint density at radius 2 is 1.78 bits per heavy atom. The van der Waals surface area contributed by atoms with Crippen LogP contribution < -0.4 is 16.4 Å². The molecule has 0 aliphatic rings. The van der Waals surface area contributed by atoms with Crippen LogP contribution in [0.1, 0.15) is 43.5 Å². The third-order valence-corrected chi connectivity index (χ3v) is 3.93. The lowest BCUT2D eigenvalue weighted by molar-refractivity contribution is -0.127. The van der Waals surface area contributed by atoms with E-state index < -0.39 is 6.04 Å². The molecule has 2 amide bonds. The molecule has 0 radical (unpaired) electrons. The molecule has 0 fully saturated rings. The van der Waals surface area contributed by atoms with E-state index in [4.69, 9.17) is 5.73 Å². The van der Waals surface area contributed by atoms with E-state index in [1.807, 2.05) is 52.8 Å². The van der Waals surface area contributed by atoms with Crippen LogP contribution in [0.4, 0.5) is 0 Å². The second-order valence-electron chi connectivity index (χ2n) is 6.07. The summed E-state index contributed by atoms with van der Waals surface area (Å²) >= 11 is 0. The maximum Gasteiger partial charge on any atom is 0.239 e. The lowest BCUT2D eigenvalue weighted by Crippen LogP contribution is -2.47. The standard InChI is InChI=1S/C17H27N3O2.ClH/c1-10(2)16(18)17(22)19-9-15(21)20-13(5)14-8-6-7-11(3)12(14)4;/h6-8,10,13,16H,9,18H2,1-5H3,(H,19,22)(H,20,21);1H/t13?,16-;/m0./s1. The third-order valence-electron chi connectivity index (χ3n) is 3.93. The van der Waals surface area contributed by atoms with Crippen LogP contribution >= 0.6 is 12.4 Å². The van der Waals surface area contributed by atoms with Crippen LogP contribution in [0.25, 0.3) is 0 Å². The number of hydrogen-bond acceptors (Lipinski definition) is 3. The molecule has 1 aromatic carbocycles. The summed E-state index contributed by atoms with van der Waals surface area (Å²) in [6.45, 7) is 9.69. The van der Waals surface area contributed by atoms with E-state index >= 15 is 0 Å². The molecule has 0 aliphatic carbocycles. The van der Waals surface area contributed by atoms with Gasteiger partial charge in [0.15, 0.2) is 0 Å². The summed E-state index contributed by atoms with van der Waals surface area (Å²) in [6.07, 6.45) is 0. The number of carbonyl (C=O) groups excluding carboxylic acids is 2. The van der Waals surface area contributed by atoms with Crippen LogP contribution in [0.2, 0.25) is 0 Å². The Balaban J connectivity index is 0.00000484. The average molecular weight is 342 g/mol. The smallest absolute Gasteiger partial charge is 0.239 e. The van der Waals surface area contributed by atoms with Crippen molar-refractivity contribution in [2.45, 2.75) is 46.7 Å². The first kappa shape index (κ1) is 21.4. The molecule has 0 bridgehead atoms. The van der Waals surface area contributed by atoms with E-state index in [1.165, 1.54) is 11.1 Å².